The van der Waals surface area contributed by atoms with Crippen molar-refractivity contribution in [2.45, 2.75) is 70.4 Å². The summed E-state index contributed by atoms with van der Waals surface area (Å²) in [5.41, 5.74) is -0.0469. The summed E-state index contributed by atoms with van der Waals surface area (Å²) in [5, 5.41) is 12.4. The zero-order chi connectivity index (χ0) is 37.2. The van der Waals surface area contributed by atoms with Crippen LogP contribution in [0.25, 0.3) is 27.2 Å². The molecule has 4 N–H and O–H groups in total. The summed E-state index contributed by atoms with van der Waals surface area (Å²) < 4.78 is 58.9. The minimum Gasteiger partial charge on any atom is -0.388 e. The van der Waals surface area contributed by atoms with Gasteiger partial charge in [0.25, 0.3) is 5.56 Å². The number of rotatable bonds is 17. The van der Waals surface area contributed by atoms with Crippen LogP contribution in [-0.4, -0.2) is 99.7 Å². The molecule has 1 saturated heterocycles. The highest BCUT2D eigenvalue weighted by atomic mass is 32.5. The number of amides is 1. The van der Waals surface area contributed by atoms with Crippen LogP contribution < -0.4 is 10.9 Å². The Kier molecular flexibility index (Phi) is 11.8. The molecule has 24 heteroatoms. The van der Waals surface area contributed by atoms with Gasteiger partial charge in [-0.3, -0.25) is 24.5 Å². The molecule has 0 bridgehead atoms. The SMILES string of the molecule is [C-]#[N+]CCOP(=S)(OCCn1c(CO)nc2cnc(C3CC3)nc21)OC[C@H]1O[C@@H](n2cnc3c(=O)[nH]c(NC(=O)C(C)C)nc32)[C@H](O[P+](=O)O)[C@@H]1F. The van der Waals surface area contributed by atoms with E-state index in [2.05, 4.69) is 40.1 Å². The van der Waals surface area contributed by atoms with Gasteiger partial charge in [-0.1, -0.05) is 13.8 Å². The van der Waals surface area contributed by atoms with Crippen LogP contribution in [0.3, 0.4) is 0 Å². The quantitative estimate of drug-likeness (QED) is 0.0682. The van der Waals surface area contributed by atoms with Crippen LogP contribution in [0.15, 0.2) is 17.3 Å². The highest BCUT2D eigenvalue weighted by Gasteiger charge is 2.52. The summed E-state index contributed by atoms with van der Waals surface area (Å²) in [5.74, 6) is 0.189. The van der Waals surface area contributed by atoms with Crippen LogP contribution in [-0.2, 0) is 57.1 Å². The van der Waals surface area contributed by atoms with Gasteiger partial charge in [-0.25, -0.2) is 30.9 Å². The second-order valence-electron chi connectivity index (χ2n) is 12.0. The zero-order valence-corrected chi connectivity index (χ0v) is 30.3. The molecule has 2 fully saturated rings. The van der Waals surface area contributed by atoms with Crippen LogP contribution in [0.5, 0.6) is 0 Å². The molecule has 1 aliphatic heterocycles. The van der Waals surface area contributed by atoms with E-state index in [4.69, 9.17) is 41.2 Å². The van der Waals surface area contributed by atoms with Gasteiger partial charge in [-0.2, -0.15) is 4.98 Å². The van der Waals surface area contributed by atoms with E-state index in [1.807, 2.05) is 0 Å². The first-order chi connectivity index (χ1) is 24.9. The van der Waals surface area contributed by atoms with Crippen molar-refractivity contribution < 1.29 is 46.6 Å². The number of H-pyrrole nitrogens is 1. The molecule has 5 heterocycles. The average Bonchev–Trinajstić information content (AvgIpc) is 3.68. The highest BCUT2D eigenvalue weighted by Crippen LogP contribution is 2.51. The lowest BCUT2D eigenvalue weighted by Gasteiger charge is -2.23. The number of nitrogens with one attached hydrogen (secondary N) is 2. The third kappa shape index (κ3) is 8.39. The fourth-order valence-electron chi connectivity index (χ4n) is 5.29. The van der Waals surface area contributed by atoms with E-state index in [1.165, 1.54) is 0 Å². The Balaban J connectivity index is 1.20. The third-order valence-electron chi connectivity index (χ3n) is 8.03. The van der Waals surface area contributed by atoms with E-state index >= 15 is 4.39 Å². The number of nitrogens with zero attached hydrogens (tertiary/aromatic N) is 8. The lowest BCUT2D eigenvalue weighted by molar-refractivity contribution is -0.118. The number of halogens is 1. The molecule has 6 rings (SSSR count). The summed E-state index contributed by atoms with van der Waals surface area (Å²) in [6, 6.07) is 0. The Labute approximate surface area is 300 Å². The fourth-order valence-corrected chi connectivity index (χ4v) is 7.52. The number of hydrogen-bond acceptors (Lipinski definition) is 15. The summed E-state index contributed by atoms with van der Waals surface area (Å²) in [4.78, 5) is 61.9. The number of aliphatic hydroxyl groups excluding tert-OH is 1. The van der Waals surface area contributed by atoms with Crippen LogP contribution in [0.2, 0.25) is 0 Å². The summed E-state index contributed by atoms with van der Waals surface area (Å²) in [6.07, 6.45) is -2.08. The minimum absolute atomic E-state index is 0.0700. The zero-order valence-electron chi connectivity index (χ0n) is 27.7. The first-order valence-electron chi connectivity index (χ1n) is 16.0. The third-order valence-corrected chi connectivity index (χ3v) is 10.9. The molecule has 2 aliphatic rings. The van der Waals surface area contributed by atoms with Crippen molar-refractivity contribution in [2.75, 3.05) is 31.7 Å². The predicted octanol–water partition coefficient (Wildman–Crippen LogP) is 2.39. The van der Waals surface area contributed by atoms with Crippen molar-refractivity contribution in [2.24, 2.45) is 5.92 Å². The van der Waals surface area contributed by atoms with Crippen molar-refractivity contribution >= 4 is 61.0 Å². The number of fused-ring (bicyclic) bond motifs is 2. The Morgan fingerprint density at radius 1 is 1.25 bits per heavy atom. The Morgan fingerprint density at radius 3 is 2.71 bits per heavy atom. The van der Waals surface area contributed by atoms with E-state index < -0.39 is 63.6 Å². The molecule has 1 saturated carbocycles. The number of ether oxygens (including phenoxy) is 1. The first-order valence-corrected chi connectivity index (χ1v) is 19.7. The lowest BCUT2D eigenvalue weighted by Crippen LogP contribution is -2.31. The van der Waals surface area contributed by atoms with E-state index in [0.29, 0.717) is 22.8 Å². The molecule has 1 aliphatic carbocycles. The van der Waals surface area contributed by atoms with Gasteiger partial charge in [0, 0.05) is 22.9 Å². The van der Waals surface area contributed by atoms with Gasteiger partial charge in [-0.05, 0) is 24.6 Å². The van der Waals surface area contributed by atoms with Crippen molar-refractivity contribution in [1.82, 2.24) is 39.0 Å². The van der Waals surface area contributed by atoms with Gasteiger partial charge in [0.15, 0.2) is 35.3 Å². The molecule has 0 aromatic carbocycles. The molecule has 4 aromatic rings. The predicted molar refractivity (Wildman–Crippen MR) is 182 cm³/mol. The maximum Gasteiger partial charge on any atom is 0.695 e. The smallest absolute Gasteiger partial charge is 0.388 e. The number of alkyl halides is 1. The van der Waals surface area contributed by atoms with Crippen molar-refractivity contribution in [1.29, 1.82) is 0 Å². The number of aromatic amines is 1. The van der Waals surface area contributed by atoms with Crippen molar-refractivity contribution in [3.8, 4) is 0 Å². The average molecular weight is 784 g/mol. The summed E-state index contributed by atoms with van der Waals surface area (Å²) in [7, 11) is -3.34. The number of aliphatic hydroxyl groups is 1. The van der Waals surface area contributed by atoms with Gasteiger partial charge in [0.05, 0.1) is 25.7 Å². The second-order valence-corrected chi connectivity index (χ2v) is 15.7. The van der Waals surface area contributed by atoms with Gasteiger partial charge >= 0.3 is 15.0 Å². The van der Waals surface area contributed by atoms with Crippen molar-refractivity contribution in [3.05, 3.63) is 45.9 Å². The molecule has 6 atom stereocenters. The molecule has 278 valence electrons. The maximum atomic E-state index is 16.0. The number of aromatic nitrogens is 8. The lowest BCUT2D eigenvalue weighted by atomic mass is 10.1. The number of carbonyl (C=O) groups excluding carboxylic acids is 1. The summed E-state index contributed by atoms with van der Waals surface area (Å²) >= 11 is 5.60. The van der Waals surface area contributed by atoms with Crippen LogP contribution in [0.1, 0.15) is 50.5 Å². The Hall–Kier alpha value is -3.74. The topological polar surface area (TPSA) is 244 Å². The summed E-state index contributed by atoms with van der Waals surface area (Å²) in [6.45, 7) is 5.49. The van der Waals surface area contributed by atoms with Crippen LogP contribution in [0.4, 0.5) is 10.3 Å². The fraction of sp³-hybridized carbons (Fsp3) is 0.571. The first kappa shape index (κ1) is 38.0. The van der Waals surface area contributed by atoms with E-state index in [9.17, 15) is 24.2 Å². The monoisotopic (exact) mass is 783 g/mol. The normalized spacial score (nSPS) is 21.8. The largest absolute Gasteiger partial charge is 0.695 e. The number of anilines is 1. The van der Waals surface area contributed by atoms with E-state index in [1.54, 1.807) is 24.6 Å². The molecule has 52 heavy (non-hydrogen) atoms. The van der Waals surface area contributed by atoms with Crippen LogP contribution in [0, 0.1) is 12.5 Å². The molecule has 20 nitrogen and oxygen atoms in total. The van der Waals surface area contributed by atoms with Crippen molar-refractivity contribution in [3.63, 3.8) is 0 Å². The number of hydrogen-bond donors (Lipinski definition) is 4. The molecular weight excluding hydrogens is 749 g/mol. The van der Waals surface area contributed by atoms with E-state index in [-0.39, 0.29) is 55.9 Å². The van der Waals surface area contributed by atoms with Crippen LogP contribution >= 0.6 is 15.0 Å². The minimum atomic E-state index is -3.70. The van der Waals surface area contributed by atoms with Gasteiger partial charge in [0.1, 0.15) is 36.5 Å². The van der Waals surface area contributed by atoms with E-state index in [0.717, 1.165) is 23.7 Å². The molecular formula is C28H34FN10O10P2S+. The van der Waals surface area contributed by atoms with Gasteiger partial charge in [-0.15, -0.1) is 9.42 Å². The molecule has 2 unspecified atom stereocenters. The molecule has 0 spiro atoms. The maximum absolute atomic E-state index is 16.0. The van der Waals surface area contributed by atoms with Gasteiger partial charge in [0.2, 0.25) is 18.4 Å². The number of carbonyl (C=O) groups is 1. The standard InChI is InChI=1S/C28H33FN10O10P2S/c1-14(2)25(41)36-28-35-24-20(26(42)37-28)32-13-39(24)27-21(49-50(43)44)19(29)17(48-27)12-47-51(52,45-8-6-30-3)46-9-7-38-18(11-40)33-16-10-31-22(15-4-5-15)34-23(16)38/h10,13-15,17,19,21,27,40H,4-9,11-12H2,1-2H3,(H2-,35,36,37,41,42,43,44)/p+1/t17-,19-,21-,27-,51?/m1/s1. The Bertz CT molecular complexity index is 2120. The number of imidazole rings is 2. The molecule has 4 aromatic heterocycles. The second kappa shape index (κ2) is 16.1. The van der Waals surface area contributed by atoms with Gasteiger partial charge < -0.3 is 32.8 Å². The molecule has 0 radical (unpaired) electrons. The Morgan fingerprint density at radius 2 is 2.02 bits per heavy atom. The highest BCUT2D eigenvalue weighted by molar-refractivity contribution is 8.07. The molecule has 1 amide bonds.